The molecule has 6 nitrogen and oxygen atoms in total. The van der Waals surface area contributed by atoms with E-state index in [0.29, 0.717) is 22.4 Å². The van der Waals surface area contributed by atoms with Gasteiger partial charge in [-0.25, -0.2) is 4.79 Å². The van der Waals surface area contributed by atoms with E-state index in [4.69, 9.17) is 4.42 Å². The van der Waals surface area contributed by atoms with E-state index < -0.39 is 0 Å². The summed E-state index contributed by atoms with van der Waals surface area (Å²) in [5.74, 6) is 0.951. The van der Waals surface area contributed by atoms with E-state index in [1.807, 2.05) is 38.1 Å². The fourth-order valence-electron chi connectivity index (χ4n) is 3.82. The molecule has 2 heterocycles. The van der Waals surface area contributed by atoms with Crippen LogP contribution in [0.15, 0.2) is 50.8 Å². The first-order valence-electron chi connectivity index (χ1n) is 9.90. The third kappa shape index (κ3) is 3.77. The van der Waals surface area contributed by atoms with E-state index in [1.54, 1.807) is 10.7 Å². The van der Waals surface area contributed by atoms with Crippen LogP contribution in [0.3, 0.4) is 0 Å². The highest BCUT2D eigenvalue weighted by molar-refractivity contribution is 7.98. The molecule has 0 N–H and O–H groups in total. The molecule has 7 heteroatoms. The van der Waals surface area contributed by atoms with Crippen molar-refractivity contribution in [3.63, 3.8) is 0 Å². The normalized spacial score (nSPS) is 11.5. The van der Waals surface area contributed by atoms with Gasteiger partial charge in [-0.15, -0.1) is 5.10 Å². The maximum Gasteiger partial charge on any atom is 0.336 e. The number of aryl methyl sites for hydroxylation is 3. The Bertz CT molecular complexity index is 1270. The van der Waals surface area contributed by atoms with Crippen molar-refractivity contribution in [1.29, 1.82) is 0 Å². The molecule has 0 aliphatic rings. The zero-order valence-electron chi connectivity index (χ0n) is 17.8. The van der Waals surface area contributed by atoms with Crippen LogP contribution in [0.2, 0.25) is 0 Å². The van der Waals surface area contributed by atoms with Crippen molar-refractivity contribution in [3.05, 3.63) is 74.6 Å². The van der Waals surface area contributed by atoms with Crippen LogP contribution in [0.25, 0.3) is 16.7 Å². The van der Waals surface area contributed by atoms with E-state index in [1.165, 1.54) is 17.3 Å². The third-order valence-electron chi connectivity index (χ3n) is 5.29. The van der Waals surface area contributed by atoms with Gasteiger partial charge in [-0.1, -0.05) is 43.8 Å². The second-order valence-corrected chi connectivity index (χ2v) is 8.80. The number of aromatic nitrogens is 4. The first-order chi connectivity index (χ1) is 14.3. The largest absolute Gasteiger partial charge is 0.423 e. The van der Waals surface area contributed by atoms with E-state index in [2.05, 4.69) is 42.4 Å². The van der Waals surface area contributed by atoms with Crippen molar-refractivity contribution < 1.29 is 4.42 Å². The van der Waals surface area contributed by atoms with Crippen LogP contribution in [0.5, 0.6) is 0 Å². The Hall–Kier alpha value is -2.93. The summed E-state index contributed by atoms with van der Waals surface area (Å²) >= 11 is 1.51. The molecule has 2 aromatic heterocycles. The highest BCUT2D eigenvalue weighted by Gasteiger charge is 2.16. The molecule has 0 aliphatic heterocycles. The molecular weight excluding hydrogens is 396 g/mol. The van der Waals surface area contributed by atoms with Gasteiger partial charge in [0.15, 0.2) is 0 Å². The molecular formula is C23H24N4O2S. The molecule has 0 aliphatic carbocycles. The smallest absolute Gasteiger partial charge is 0.336 e. The number of tetrazole rings is 1. The second kappa shape index (κ2) is 8.07. The fourth-order valence-corrected chi connectivity index (χ4v) is 4.69. The number of nitrogens with zero attached hydrogens (tertiary/aromatic N) is 4. The fraction of sp³-hybridized carbons (Fsp3) is 0.304. The van der Waals surface area contributed by atoms with Crippen molar-refractivity contribution in [2.24, 2.45) is 0 Å². The maximum absolute atomic E-state index is 12.2. The Kier molecular flexibility index (Phi) is 5.47. The highest BCUT2D eigenvalue weighted by atomic mass is 32.2. The van der Waals surface area contributed by atoms with Crippen molar-refractivity contribution in [3.8, 4) is 5.69 Å². The lowest BCUT2D eigenvalue weighted by Gasteiger charge is -2.13. The van der Waals surface area contributed by atoms with E-state index >= 15 is 0 Å². The summed E-state index contributed by atoms with van der Waals surface area (Å²) in [6.45, 7) is 10.5. The van der Waals surface area contributed by atoms with Gasteiger partial charge in [0.2, 0.25) is 5.16 Å². The summed E-state index contributed by atoms with van der Waals surface area (Å²) in [7, 11) is 0. The number of hydrogen-bond donors (Lipinski definition) is 0. The van der Waals surface area contributed by atoms with Gasteiger partial charge in [-0.3, -0.25) is 0 Å². The molecule has 4 aromatic rings. The molecule has 0 spiro atoms. The Morgan fingerprint density at radius 2 is 1.80 bits per heavy atom. The van der Waals surface area contributed by atoms with Gasteiger partial charge in [-0.05, 0) is 77.1 Å². The van der Waals surface area contributed by atoms with Gasteiger partial charge in [0.1, 0.15) is 5.58 Å². The number of thioether (sulfide) groups is 1. The van der Waals surface area contributed by atoms with E-state index in [-0.39, 0.29) is 5.63 Å². The first-order valence-corrected chi connectivity index (χ1v) is 10.9. The second-order valence-electron chi connectivity index (χ2n) is 7.85. The van der Waals surface area contributed by atoms with Crippen LogP contribution in [0.4, 0.5) is 0 Å². The third-order valence-corrected chi connectivity index (χ3v) is 6.26. The SMILES string of the molecule is Cc1cc2oc(=O)cc(CSc3nnnn3-c3c(C)cccc3C)c2cc1C(C)C. The van der Waals surface area contributed by atoms with Crippen molar-refractivity contribution in [2.75, 3.05) is 0 Å². The van der Waals surface area contributed by atoms with Crippen LogP contribution in [-0.4, -0.2) is 20.2 Å². The van der Waals surface area contributed by atoms with Crippen LogP contribution in [0.1, 0.15) is 47.6 Å². The van der Waals surface area contributed by atoms with Gasteiger partial charge >= 0.3 is 5.63 Å². The first kappa shape index (κ1) is 20.3. The minimum atomic E-state index is -0.343. The minimum Gasteiger partial charge on any atom is -0.423 e. The summed E-state index contributed by atoms with van der Waals surface area (Å²) in [6.07, 6.45) is 0. The molecule has 30 heavy (non-hydrogen) atoms. The van der Waals surface area contributed by atoms with Crippen LogP contribution in [-0.2, 0) is 5.75 Å². The highest BCUT2D eigenvalue weighted by Crippen LogP contribution is 2.31. The van der Waals surface area contributed by atoms with Crippen molar-refractivity contribution >= 4 is 22.7 Å². The summed E-state index contributed by atoms with van der Waals surface area (Å²) in [5.41, 5.74) is 6.77. The molecule has 0 saturated heterocycles. The van der Waals surface area contributed by atoms with Gasteiger partial charge in [0, 0.05) is 17.2 Å². The molecule has 0 bridgehead atoms. The van der Waals surface area contributed by atoms with Gasteiger partial charge in [0.05, 0.1) is 5.69 Å². The molecule has 2 aromatic carbocycles. The predicted molar refractivity (Wildman–Crippen MR) is 119 cm³/mol. The Morgan fingerprint density at radius 3 is 2.50 bits per heavy atom. The lowest BCUT2D eigenvalue weighted by Crippen LogP contribution is -2.05. The molecule has 0 radical (unpaired) electrons. The molecule has 0 fully saturated rings. The predicted octanol–water partition coefficient (Wildman–Crippen LogP) is 5.11. The van der Waals surface area contributed by atoms with Crippen LogP contribution >= 0.6 is 11.8 Å². The average molecular weight is 421 g/mol. The molecule has 154 valence electrons. The number of hydrogen-bond acceptors (Lipinski definition) is 6. The average Bonchev–Trinajstić information content (AvgIpc) is 3.13. The van der Waals surface area contributed by atoms with Crippen molar-refractivity contribution in [1.82, 2.24) is 20.2 Å². The van der Waals surface area contributed by atoms with Gasteiger partial charge in [-0.2, -0.15) is 4.68 Å². The lowest BCUT2D eigenvalue weighted by molar-refractivity contribution is 0.559. The van der Waals surface area contributed by atoms with Crippen molar-refractivity contribution in [2.45, 2.75) is 51.4 Å². The summed E-state index contributed by atoms with van der Waals surface area (Å²) in [6, 6.07) is 11.8. The minimum absolute atomic E-state index is 0.343. The molecule has 0 saturated carbocycles. The summed E-state index contributed by atoms with van der Waals surface area (Å²) < 4.78 is 7.24. The Balaban J connectivity index is 1.73. The summed E-state index contributed by atoms with van der Waals surface area (Å²) in [4.78, 5) is 12.2. The number of benzene rings is 2. The number of fused-ring (bicyclic) bond motifs is 1. The van der Waals surface area contributed by atoms with E-state index in [0.717, 1.165) is 33.3 Å². The quantitative estimate of drug-likeness (QED) is 0.330. The van der Waals surface area contributed by atoms with E-state index in [9.17, 15) is 4.79 Å². The topological polar surface area (TPSA) is 73.8 Å². The number of para-hydroxylation sites is 1. The molecule has 4 rings (SSSR count). The van der Waals surface area contributed by atoms with Crippen LogP contribution in [0, 0.1) is 20.8 Å². The Morgan fingerprint density at radius 1 is 1.07 bits per heavy atom. The zero-order chi connectivity index (χ0) is 21.4. The molecule has 0 atom stereocenters. The lowest BCUT2D eigenvalue weighted by atomic mass is 9.95. The van der Waals surface area contributed by atoms with Gasteiger partial charge < -0.3 is 4.42 Å². The zero-order valence-corrected chi connectivity index (χ0v) is 18.6. The summed E-state index contributed by atoms with van der Waals surface area (Å²) in [5, 5.41) is 13.9. The molecule has 0 unspecified atom stereocenters. The maximum atomic E-state index is 12.2. The Labute approximate surface area is 179 Å². The molecule has 0 amide bonds. The monoisotopic (exact) mass is 420 g/mol. The number of rotatable bonds is 5. The standard InChI is InChI=1S/C23H24N4O2S/c1-13(2)18-11-19-17(10-21(28)29-20(19)9-16(18)5)12-30-23-24-25-26-27(23)22-14(3)7-6-8-15(22)4/h6-11,13H,12H2,1-5H3. The van der Waals surface area contributed by atoms with Crippen LogP contribution < -0.4 is 5.63 Å². The van der Waals surface area contributed by atoms with Gasteiger partial charge in [0.25, 0.3) is 0 Å².